The summed E-state index contributed by atoms with van der Waals surface area (Å²) in [4.78, 5) is 0. The maximum absolute atomic E-state index is 13.2. The molecule has 0 saturated carbocycles. The smallest absolute Gasteiger partial charge is 0.168 e. The van der Waals surface area contributed by atoms with Gasteiger partial charge in [0.05, 0.1) is 7.11 Å². The summed E-state index contributed by atoms with van der Waals surface area (Å²) < 4.78 is 18.3. The van der Waals surface area contributed by atoms with Crippen molar-refractivity contribution in [2.75, 3.05) is 20.2 Å². The number of ether oxygens (including phenoxy) is 1. The lowest BCUT2D eigenvalue weighted by molar-refractivity contribution is 0.357. The molecule has 1 aliphatic rings. The van der Waals surface area contributed by atoms with Gasteiger partial charge in [-0.25, -0.2) is 4.39 Å². The molecule has 3 nitrogen and oxygen atoms in total. The maximum atomic E-state index is 13.2. The lowest BCUT2D eigenvalue weighted by Gasteiger charge is -2.23. The van der Waals surface area contributed by atoms with Crippen LogP contribution < -0.4 is 10.1 Å². The van der Waals surface area contributed by atoms with Gasteiger partial charge in [-0.15, -0.1) is 0 Å². The minimum atomic E-state index is -0.629. The van der Waals surface area contributed by atoms with Gasteiger partial charge in [0.2, 0.25) is 0 Å². The normalized spacial score (nSPS) is 17.1. The molecule has 94 valence electrons. The third-order valence-electron chi connectivity index (χ3n) is 3.32. The number of rotatable bonds is 3. The molecular weight excluding hydrogens is 221 g/mol. The van der Waals surface area contributed by atoms with Crippen molar-refractivity contribution in [2.45, 2.75) is 19.3 Å². The highest BCUT2D eigenvalue weighted by Gasteiger charge is 2.17. The highest BCUT2D eigenvalue weighted by Crippen LogP contribution is 2.30. The van der Waals surface area contributed by atoms with Gasteiger partial charge in [-0.2, -0.15) is 0 Å². The third kappa shape index (κ3) is 2.88. The largest absolute Gasteiger partial charge is 0.505 e. The van der Waals surface area contributed by atoms with E-state index in [9.17, 15) is 9.50 Å². The summed E-state index contributed by atoms with van der Waals surface area (Å²) in [5.41, 5.74) is 0.887. The third-order valence-corrected chi connectivity index (χ3v) is 3.32. The SMILES string of the molecule is COc1cc(F)c(O)cc1CC1CCNCC1. The molecule has 2 N–H and O–H groups in total. The second-order valence-corrected chi connectivity index (χ2v) is 4.51. The van der Waals surface area contributed by atoms with Crippen molar-refractivity contribution in [3.63, 3.8) is 0 Å². The number of phenolic OH excluding ortho intramolecular Hbond substituents is 1. The molecule has 0 atom stereocenters. The van der Waals surface area contributed by atoms with E-state index in [2.05, 4.69) is 5.32 Å². The van der Waals surface area contributed by atoms with Crippen molar-refractivity contribution in [3.05, 3.63) is 23.5 Å². The van der Waals surface area contributed by atoms with Gasteiger partial charge in [0.25, 0.3) is 0 Å². The summed E-state index contributed by atoms with van der Waals surface area (Å²) in [7, 11) is 1.53. The summed E-state index contributed by atoms with van der Waals surface area (Å²) >= 11 is 0. The van der Waals surface area contributed by atoms with Crippen LogP contribution in [0.25, 0.3) is 0 Å². The highest BCUT2D eigenvalue weighted by molar-refractivity contribution is 5.41. The molecule has 0 unspecified atom stereocenters. The molecule has 0 bridgehead atoms. The number of benzene rings is 1. The van der Waals surface area contributed by atoms with Gasteiger partial charge >= 0.3 is 0 Å². The predicted octanol–water partition coefficient (Wildman–Crippen LogP) is 2.08. The van der Waals surface area contributed by atoms with Crippen molar-refractivity contribution in [2.24, 2.45) is 5.92 Å². The maximum Gasteiger partial charge on any atom is 0.168 e. The van der Waals surface area contributed by atoms with Crippen LogP contribution >= 0.6 is 0 Å². The first-order valence-corrected chi connectivity index (χ1v) is 5.97. The zero-order valence-electron chi connectivity index (χ0n) is 10.0. The number of nitrogens with one attached hydrogen (secondary N) is 1. The number of aromatic hydroxyl groups is 1. The summed E-state index contributed by atoms with van der Waals surface area (Å²) in [6.07, 6.45) is 3.06. The van der Waals surface area contributed by atoms with Crippen molar-refractivity contribution >= 4 is 0 Å². The Kier molecular flexibility index (Phi) is 3.84. The van der Waals surface area contributed by atoms with E-state index < -0.39 is 5.82 Å². The molecule has 0 spiro atoms. The Bertz CT molecular complexity index is 389. The van der Waals surface area contributed by atoms with E-state index in [0.717, 1.165) is 37.9 Å². The molecule has 1 heterocycles. The van der Waals surface area contributed by atoms with Crippen LogP contribution in [0.5, 0.6) is 11.5 Å². The number of hydrogen-bond donors (Lipinski definition) is 2. The highest BCUT2D eigenvalue weighted by atomic mass is 19.1. The average Bonchev–Trinajstić information content (AvgIpc) is 2.35. The molecule has 1 aromatic carbocycles. The zero-order chi connectivity index (χ0) is 12.3. The molecule has 17 heavy (non-hydrogen) atoms. The van der Waals surface area contributed by atoms with Crippen molar-refractivity contribution < 1.29 is 14.2 Å². The fraction of sp³-hybridized carbons (Fsp3) is 0.538. The predicted molar refractivity (Wildman–Crippen MR) is 63.9 cm³/mol. The van der Waals surface area contributed by atoms with E-state index in [-0.39, 0.29) is 5.75 Å². The van der Waals surface area contributed by atoms with Crippen LogP contribution in [0.4, 0.5) is 4.39 Å². The van der Waals surface area contributed by atoms with E-state index >= 15 is 0 Å². The molecule has 0 radical (unpaired) electrons. The molecule has 1 aliphatic heterocycles. The summed E-state index contributed by atoms with van der Waals surface area (Å²) in [6.45, 7) is 2.06. The first-order chi connectivity index (χ1) is 8.20. The quantitative estimate of drug-likeness (QED) is 0.848. The first-order valence-electron chi connectivity index (χ1n) is 5.97. The Labute approximate surface area is 101 Å². The average molecular weight is 239 g/mol. The number of phenols is 1. The van der Waals surface area contributed by atoms with E-state index in [0.29, 0.717) is 11.7 Å². The van der Waals surface area contributed by atoms with Gasteiger partial charge in [-0.3, -0.25) is 0 Å². The van der Waals surface area contributed by atoms with Crippen LogP contribution in [0.15, 0.2) is 12.1 Å². The van der Waals surface area contributed by atoms with Crippen LogP contribution in [0, 0.1) is 11.7 Å². The van der Waals surface area contributed by atoms with E-state index in [1.54, 1.807) is 0 Å². The standard InChI is InChI=1S/C13H18FNO2/c1-17-13-8-11(14)12(16)7-10(13)6-9-2-4-15-5-3-9/h7-9,15-16H,2-6H2,1H3. The van der Waals surface area contributed by atoms with Crippen molar-refractivity contribution in [3.8, 4) is 11.5 Å². The molecule has 1 aromatic rings. The summed E-state index contributed by atoms with van der Waals surface area (Å²) in [6, 6.07) is 2.74. The lowest BCUT2D eigenvalue weighted by Crippen LogP contribution is -2.28. The molecule has 2 rings (SSSR count). The lowest BCUT2D eigenvalue weighted by atomic mass is 9.90. The fourth-order valence-electron chi connectivity index (χ4n) is 2.33. The monoisotopic (exact) mass is 239 g/mol. The minimum absolute atomic E-state index is 0.297. The van der Waals surface area contributed by atoms with E-state index in [4.69, 9.17) is 4.74 Å². The van der Waals surface area contributed by atoms with Crippen LogP contribution in [0.3, 0.4) is 0 Å². The first kappa shape index (κ1) is 12.2. The minimum Gasteiger partial charge on any atom is -0.505 e. The Hall–Kier alpha value is -1.29. The van der Waals surface area contributed by atoms with Crippen LogP contribution in [-0.2, 0) is 6.42 Å². The van der Waals surface area contributed by atoms with Crippen LogP contribution in [0.2, 0.25) is 0 Å². The van der Waals surface area contributed by atoms with Gasteiger partial charge in [-0.05, 0) is 49.9 Å². The second-order valence-electron chi connectivity index (χ2n) is 4.51. The Morgan fingerprint density at radius 3 is 2.76 bits per heavy atom. The second kappa shape index (κ2) is 5.36. The Balaban J connectivity index is 2.15. The van der Waals surface area contributed by atoms with Crippen LogP contribution in [-0.4, -0.2) is 25.3 Å². The Morgan fingerprint density at radius 1 is 1.41 bits per heavy atom. The molecule has 1 saturated heterocycles. The molecule has 0 amide bonds. The summed E-state index contributed by atoms with van der Waals surface area (Å²) in [5, 5.41) is 12.7. The van der Waals surface area contributed by atoms with Crippen molar-refractivity contribution in [1.29, 1.82) is 0 Å². The number of halogens is 1. The van der Waals surface area contributed by atoms with E-state index in [1.807, 2.05) is 0 Å². The molecule has 1 fully saturated rings. The number of piperidine rings is 1. The molecule has 4 heteroatoms. The zero-order valence-corrected chi connectivity index (χ0v) is 10.0. The molecule has 0 aliphatic carbocycles. The van der Waals surface area contributed by atoms with Gasteiger partial charge in [0.1, 0.15) is 5.75 Å². The van der Waals surface area contributed by atoms with Crippen LogP contribution in [0.1, 0.15) is 18.4 Å². The Morgan fingerprint density at radius 2 is 2.12 bits per heavy atom. The van der Waals surface area contributed by atoms with Gasteiger partial charge in [0.15, 0.2) is 11.6 Å². The number of methoxy groups -OCH3 is 1. The number of hydrogen-bond acceptors (Lipinski definition) is 3. The van der Waals surface area contributed by atoms with E-state index in [1.165, 1.54) is 19.2 Å². The summed E-state index contributed by atoms with van der Waals surface area (Å²) in [5.74, 6) is 0.180. The van der Waals surface area contributed by atoms with Crippen molar-refractivity contribution in [1.82, 2.24) is 5.32 Å². The topological polar surface area (TPSA) is 41.5 Å². The molecular formula is C13H18FNO2. The van der Waals surface area contributed by atoms with Gasteiger partial charge in [-0.1, -0.05) is 0 Å². The molecule has 0 aromatic heterocycles. The van der Waals surface area contributed by atoms with Gasteiger partial charge in [0, 0.05) is 6.07 Å². The fourth-order valence-corrected chi connectivity index (χ4v) is 2.33. The van der Waals surface area contributed by atoms with Gasteiger partial charge < -0.3 is 15.2 Å².